The minimum atomic E-state index is 0.614. The van der Waals surface area contributed by atoms with Crippen LogP contribution >= 0.6 is 0 Å². The van der Waals surface area contributed by atoms with Crippen LogP contribution < -0.4 is 14.8 Å². The van der Waals surface area contributed by atoms with Crippen molar-refractivity contribution in [2.45, 2.75) is 38.6 Å². The number of hydrogen-bond acceptors (Lipinski definition) is 3. The number of ether oxygens (including phenoxy) is 2. The Bertz CT molecular complexity index is 379. The van der Waals surface area contributed by atoms with Gasteiger partial charge in [0.2, 0.25) is 0 Å². The van der Waals surface area contributed by atoms with E-state index in [9.17, 15) is 0 Å². The van der Waals surface area contributed by atoms with Gasteiger partial charge in [0.05, 0.1) is 0 Å². The highest BCUT2D eigenvalue weighted by Crippen LogP contribution is 2.31. The lowest BCUT2D eigenvalue weighted by Crippen LogP contribution is -2.25. The van der Waals surface area contributed by atoms with Crippen molar-refractivity contribution < 1.29 is 9.47 Å². The SMILES string of the molecule is CCCC(CCc1ccc2c(c1)OCCO2)NC. The molecule has 1 aliphatic rings. The minimum Gasteiger partial charge on any atom is -0.486 e. The van der Waals surface area contributed by atoms with Crippen LogP contribution in [0.25, 0.3) is 0 Å². The third-order valence-electron chi connectivity index (χ3n) is 3.43. The first-order valence-corrected chi connectivity index (χ1v) is 6.89. The summed E-state index contributed by atoms with van der Waals surface area (Å²) in [4.78, 5) is 0. The van der Waals surface area contributed by atoms with Crippen molar-refractivity contribution in [3.8, 4) is 11.5 Å². The zero-order valence-electron chi connectivity index (χ0n) is 11.4. The van der Waals surface area contributed by atoms with Crippen molar-refractivity contribution in [3.63, 3.8) is 0 Å². The van der Waals surface area contributed by atoms with Gasteiger partial charge in [-0.2, -0.15) is 0 Å². The van der Waals surface area contributed by atoms with Crippen LogP contribution in [0.2, 0.25) is 0 Å². The van der Waals surface area contributed by atoms with E-state index in [1.54, 1.807) is 0 Å². The number of aryl methyl sites for hydroxylation is 1. The second-order valence-electron chi connectivity index (χ2n) is 4.79. The van der Waals surface area contributed by atoms with Crippen LogP contribution in [0.15, 0.2) is 18.2 Å². The summed E-state index contributed by atoms with van der Waals surface area (Å²) in [6.45, 7) is 3.55. The van der Waals surface area contributed by atoms with Crippen LogP contribution in [0.5, 0.6) is 11.5 Å². The lowest BCUT2D eigenvalue weighted by molar-refractivity contribution is 0.171. The third kappa shape index (κ3) is 3.39. The molecule has 1 atom stereocenters. The lowest BCUT2D eigenvalue weighted by atomic mass is 10.0. The minimum absolute atomic E-state index is 0.614. The normalized spacial score (nSPS) is 15.4. The Balaban J connectivity index is 1.93. The number of nitrogens with one attached hydrogen (secondary N) is 1. The van der Waals surface area contributed by atoms with E-state index in [-0.39, 0.29) is 0 Å². The maximum Gasteiger partial charge on any atom is 0.161 e. The molecule has 0 bridgehead atoms. The molecule has 18 heavy (non-hydrogen) atoms. The summed E-state index contributed by atoms with van der Waals surface area (Å²) in [6, 6.07) is 6.90. The predicted octanol–water partition coefficient (Wildman–Crippen LogP) is 2.78. The van der Waals surface area contributed by atoms with Gasteiger partial charge in [-0.25, -0.2) is 0 Å². The summed E-state index contributed by atoms with van der Waals surface area (Å²) in [7, 11) is 2.05. The molecule has 3 heteroatoms. The molecule has 1 aromatic carbocycles. The molecule has 1 unspecified atom stereocenters. The predicted molar refractivity (Wildman–Crippen MR) is 73.5 cm³/mol. The molecule has 1 N–H and O–H groups in total. The van der Waals surface area contributed by atoms with E-state index in [0.717, 1.165) is 17.9 Å². The molecule has 0 saturated carbocycles. The van der Waals surface area contributed by atoms with Crippen LogP contribution in [0.3, 0.4) is 0 Å². The van der Waals surface area contributed by atoms with E-state index >= 15 is 0 Å². The smallest absolute Gasteiger partial charge is 0.161 e. The molecule has 0 spiro atoms. The van der Waals surface area contributed by atoms with E-state index in [1.807, 2.05) is 13.1 Å². The molecule has 1 heterocycles. The molecule has 0 saturated heterocycles. The summed E-state index contributed by atoms with van der Waals surface area (Å²) in [5, 5.41) is 3.38. The fourth-order valence-corrected chi connectivity index (χ4v) is 2.37. The van der Waals surface area contributed by atoms with Gasteiger partial charge in [-0.1, -0.05) is 19.4 Å². The van der Waals surface area contributed by atoms with Crippen LogP contribution in [-0.4, -0.2) is 26.3 Å². The number of hydrogen-bond donors (Lipinski definition) is 1. The van der Waals surface area contributed by atoms with E-state index < -0.39 is 0 Å². The van der Waals surface area contributed by atoms with Gasteiger partial charge >= 0.3 is 0 Å². The average molecular weight is 249 g/mol. The zero-order valence-corrected chi connectivity index (χ0v) is 11.4. The Morgan fingerprint density at radius 2 is 1.94 bits per heavy atom. The van der Waals surface area contributed by atoms with E-state index in [4.69, 9.17) is 9.47 Å². The van der Waals surface area contributed by atoms with Crippen molar-refractivity contribution in [1.82, 2.24) is 5.32 Å². The molecule has 0 aromatic heterocycles. The molecule has 1 aromatic rings. The Morgan fingerprint density at radius 3 is 2.67 bits per heavy atom. The van der Waals surface area contributed by atoms with E-state index in [2.05, 4.69) is 24.4 Å². The molecule has 2 rings (SSSR count). The standard InChI is InChI=1S/C15H23NO2/c1-3-4-13(16-2)7-5-12-6-8-14-15(11-12)18-10-9-17-14/h6,8,11,13,16H,3-5,7,9-10H2,1-2H3. The first-order valence-electron chi connectivity index (χ1n) is 6.89. The summed E-state index contributed by atoms with van der Waals surface area (Å²) in [6.07, 6.45) is 4.72. The van der Waals surface area contributed by atoms with Gasteiger partial charge in [-0.3, -0.25) is 0 Å². The molecule has 3 nitrogen and oxygen atoms in total. The fraction of sp³-hybridized carbons (Fsp3) is 0.600. The second kappa shape index (κ2) is 6.64. The van der Waals surface area contributed by atoms with Crippen molar-refractivity contribution in [2.24, 2.45) is 0 Å². The molecule has 0 aliphatic carbocycles. The molecular formula is C15H23NO2. The highest BCUT2D eigenvalue weighted by Gasteiger charge is 2.12. The van der Waals surface area contributed by atoms with Crippen molar-refractivity contribution in [2.75, 3.05) is 20.3 Å². The van der Waals surface area contributed by atoms with Gasteiger partial charge in [0, 0.05) is 6.04 Å². The maximum atomic E-state index is 5.60. The van der Waals surface area contributed by atoms with Gasteiger partial charge in [-0.15, -0.1) is 0 Å². The first-order chi connectivity index (χ1) is 8.83. The van der Waals surface area contributed by atoms with Crippen LogP contribution in [0.1, 0.15) is 31.7 Å². The fourth-order valence-electron chi connectivity index (χ4n) is 2.37. The van der Waals surface area contributed by atoms with Crippen LogP contribution in [0.4, 0.5) is 0 Å². The molecule has 1 aliphatic heterocycles. The zero-order chi connectivity index (χ0) is 12.8. The largest absolute Gasteiger partial charge is 0.486 e. The second-order valence-corrected chi connectivity index (χ2v) is 4.79. The summed E-state index contributed by atoms with van der Waals surface area (Å²) < 4.78 is 11.1. The van der Waals surface area contributed by atoms with E-state index in [0.29, 0.717) is 19.3 Å². The molecule has 0 radical (unpaired) electrons. The topological polar surface area (TPSA) is 30.5 Å². The Kier molecular flexibility index (Phi) is 4.88. The third-order valence-corrected chi connectivity index (χ3v) is 3.43. The average Bonchev–Trinajstić information content (AvgIpc) is 2.43. The highest BCUT2D eigenvalue weighted by molar-refractivity contribution is 5.43. The van der Waals surface area contributed by atoms with Gasteiger partial charge in [-0.05, 0) is 44.0 Å². The molecule has 0 fully saturated rings. The summed E-state index contributed by atoms with van der Waals surface area (Å²) in [5.74, 6) is 1.78. The van der Waals surface area contributed by atoms with Crippen molar-refractivity contribution >= 4 is 0 Å². The van der Waals surface area contributed by atoms with Gasteiger partial charge in [0.1, 0.15) is 13.2 Å². The Labute approximate surface area is 109 Å². The van der Waals surface area contributed by atoms with Gasteiger partial charge in [0.15, 0.2) is 11.5 Å². The van der Waals surface area contributed by atoms with Crippen LogP contribution in [-0.2, 0) is 6.42 Å². The maximum absolute atomic E-state index is 5.60. The van der Waals surface area contributed by atoms with Gasteiger partial charge < -0.3 is 14.8 Å². The molecule has 100 valence electrons. The number of rotatable bonds is 6. The lowest BCUT2D eigenvalue weighted by Gasteiger charge is -2.19. The quantitative estimate of drug-likeness (QED) is 0.841. The summed E-state index contributed by atoms with van der Waals surface area (Å²) >= 11 is 0. The number of benzene rings is 1. The summed E-state index contributed by atoms with van der Waals surface area (Å²) in [5.41, 5.74) is 1.33. The van der Waals surface area contributed by atoms with Gasteiger partial charge in [0.25, 0.3) is 0 Å². The van der Waals surface area contributed by atoms with E-state index in [1.165, 1.54) is 24.8 Å². The van der Waals surface area contributed by atoms with Crippen molar-refractivity contribution in [3.05, 3.63) is 23.8 Å². The Morgan fingerprint density at radius 1 is 1.17 bits per heavy atom. The molecule has 0 amide bonds. The molecular weight excluding hydrogens is 226 g/mol. The number of fused-ring (bicyclic) bond motifs is 1. The first kappa shape index (κ1) is 13.2. The highest BCUT2D eigenvalue weighted by atomic mass is 16.6. The van der Waals surface area contributed by atoms with Crippen LogP contribution in [0, 0.1) is 0 Å². The Hall–Kier alpha value is -1.22. The monoisotopic (exact) mass is 249 g/mol. The van der Waals surface area contributed by atoms with Crippen molar-refractivity contribution in [1.29, 1.82) is 0 Å².